The van der Waals surface area contributed by atoms with Crippen LogP contribution in [0.3, 0.4) is 0 Å². The van der Waals surface area contributed by atoms with Gasteiger partial charge in [-0.25, -0.2) is 0 Å². The van der Waals surface area contributed by atoms with Crippen LogP contribution in [0.4, 0.5) is 0 Å². The predicted molar refractivity (Wildman–Crippen MR) is 119 cm³/mol. The lowest BCUT2D eigenvalue weighted by Gasteiger charge is -2.31. The second-order valence-electron chi connectivity index (χ2n) is 7.78. The van der Waals surface area contributed by atoms with Gasteiger partial charge in [0, 0.05) is 23.6 Å². The van der Waals surface area contributed by atoms with Crippen LogP contribution in [0.5, 0.6) is 5.75 Å². The first kappa shape index (κ1) is 19.5. The zero-order valence-electron chi connectivity index (χ0n) is 17.1. The molecule has 0 aliphatic carbocycles. The molecule has 1 aliphatic heterocycles. The van der Waals surface area contributed by atoms with Crippen molar-refractivity contribution in [2.75, 3.05) is 0 Å². The Morgan fingerprint density at radius 1 is 1.10 bits per heavy atom. The Bertz CT molecular complexity index is 1040. The maximum absolute atomic E-state index is 10.4. The third-order valence-electron chi connectivity index (χ3n) is 5.60. The van der Waals surface area contributed by atoms with Crippen molar-refractivity contribution in [2.24, 2.45) is 0 Å². The minimum atomic E-state index is -0.0376. The summed E-state index contributed by atoms with van der Waals surface area (Å²) >= 11 is 5.71. The minimum Gasteiger partial charge on any atom is -0.506 e. The Morgan fingerprint density at radius 2 is 1.83 bits per heavy atom. The number of aromatic nitrogens is 2. The molecular weight excluding hydrogens is 380 g/mol. The fraction of sp³-hybridized carbons (Fsp3) is 0.304. The van der Waals surface area contributed by atoms with Gasteiger partial charge in [-0.05, 0) is 75.8 Å². The first-order chi connectivity index (χ1) is 13.9. The highest BCUT2D eigenvalue weighted by Crippen LogP contribution is 2.42. The molecule has 0 saturated carbocycles. The number of phenolic OH excluding ortho intramolecular Hbond substituents is 1. The molecule has 0 bridgehead atoms. The zero-order valence-corrected chi connectivity index (χ0v) is 17.9. The summed E-state index contributed by atoms with van der Waals surface area (Å²) in [6.07, 6.45) is 1.82. The van der Waals surface area contributed by atoms with Crippen LogP contribution in [0.1, 0.15) is 48.6 Å². The molecule has 2 aromatic heterocycles. The number of benzene rings is 1. The average Bonchev–Trinajstić information content (AvgIpc) is 3.19. The van der Waals surface area contributed by atoms with E-state index in [-0.39, 0.29) is 23.9 Å². The van der Waals surface area contributed by atoms with E-state index in [1.54, 1.807) is 6.07 Å². The molecule has 150 valence electrons. The van der Waals surface area contributed by atoms with E-state index < -0.39 is 0 Å². The van der Waals surface area contributed by atoms with E-state index in [2.05, 4.69) is 53.5 Å². The molecule has 0 radical (unpaired) electrons. The number of rotatable bonds is 4. The van der Waals surface area contributed by atoms with Gasteiger partial charge in [-0.15, -0.1) is 0 Å². The van der Waals surface area contributed by atoms with Gasteiger partial charge in [0.25, 0.3) is 0 Å². The summed E-state index contributed by atoms with van der Waals surface area (Å²) in [5.41, 5.74) is 5.10. The number of phenols is 1. The fourth-order valence-corrected chi connectivity index (χ4v) is 4.82. The standard InChI is InChI=1S/C23H26N4OS/c1-14(2)26-22(21(25-23(26)29)18-9-7-8-12-24-18)17-13-15(3)27(16(17)4)19-10-5-6-11-20(19)28/h5-14,21-22,28H,1-4H3,(H,25,29)/t21-,22+/m0/s1. The van der Waals surface area contributed by atoms with Crippen molar-refractivity contribution in [3.63, 3.8) is 0 Å². The molecule has 1 fully saturated rings. The smallest absolute Gasteiger partial charge is 0.170 e. The van der Waals surface area contributed by atoms with Crippen molar-refractivity contribution in [1.82, 2.24) is 19.8 Å². The number of aryl methyl sites for hydroxylation is 1. The van der Waals surface area contributed by atoms with Gasteiger partial charge in [-0.1, -0.05) is 18.2 Å². The van der Waals surface area contributed by atoms with Gasteiger partial charge in [0.1, 0.15) is 5.75 Å². The molecule has 1 aromatic carbocycles. The lowest BCUT2D eigenvalue weighted by molar-refractivity contribution is 0.269. The van der Waals surface area contributed by atoms with Crippen molar-refractivity contribution in [3.8, 4) is 11.4 Å². The predicted octanol–water partition coefficient (Wildman–Crippen LogP) is 4.58. The molecule has 3 aromatic rings. The number of hydrogen-bond acceptors (Lipinski definition) is 3. The molecule has 1 aliphatic rings. The van der Waals surface area contributed by atoms with Crippen LogP contribution < -0.4 is 5.32 Å². The summed E-state index contributed by atoms with van der Waals surface area (Å²) in [6.45, 7) is 8.48. The second-order valence-corrected chi connectivity index (χ2v) is 8.16. The van der Waals surface area contributed by atoms with E-state index in [0.29, 0.717) is 0 Å². The van der Waals surface area contributed by atoms with Crippen molar-refractivity contribution < 1.29 is 5.11 Å². The molecular formula is C23H26N4OS. The van der Waals surface area contributed by atoms with Crippen molar-refractivity contribution in [1.29, 1.82) is 0 Å². The van der Waals surface area contributed by atoms with Gasteiger partial charge in [0.2, 0.25) is 0 Å². The van der Waals surface area contributed by atoms with E-state index in [9.17, 15) is 5.11 Å². The molecule has 4 rings (SSSR count). The molecule has 5 nitrogen and oxygen atoms in total. The fourth-order valence-electron chi connectivity index (χ4n) is 4.37. The highest BCUT2D eigenvalue weighted by Gasteiger charge is 2.42. The summed E-state index contributed by atoms with van der Waals surface area (Å²) < 4.78 is 2.11. The summed E-state index contributed by atoms with van der Waals surface area (Å²) in [4.78, 5) is 6.86. The van der Waals surface area contributed by atoms with Crippen molar-refractivity contribution in [2.45, 2.75) is 45.8 Å². The normalized spacial score (nSPS) is 19.1. The summed E-state index contributed by atoms with van der Waals surface area (Å²) in [7, 11) is 0. The van der Waals surface area contributed by atoms with Crippen LogP contribution in [-0.2, 0) is 0 Å². The summed E-state index contributed by atoms with van der Waals surface area (Å²) in [5, 5.41) is 14.7. The van der Waals surface area contributed by atoms with Gasteiger partial charge in [-0.3, -0.25) is 4.98 Å². The number of hydrogen-bond donors (Lipinski definition) is 2. The van der Waals surface area contributed by atoms with Gasteiger partial charge >= 0.3 is 0 Å². The number of nitrogens with one attached hydrogen (secondary N) is 1. The molecule has 2 atom stereocenters. The Labute approximate surface area is 177 Å². The minimum absolute atomic E-state index is 0.0169. The topological polar surface area (TPSA) is 53.3 Å². The lowest BCUT2D eigenvalue weighted by Crippen LogP contribution is -2.35. The van der Waals surface area contributed by atoms with Crippen LogP contribution in [0, 0.1) is 13.8 Å². The lowest BCUT2D eigenvalue weighted by atomic mass is 9.96. The van der Waals surface area contributed by atoms with E-state index in [1.165, 1.54) is 5.56 Å². The Hall–Kier alpha value is -2.86. The Balaban J connectivity index is 1.88. The highest BCUT2D eigenvalue weighted by atomic mass is 32.1. The van der Waals surface area contributed by atoms with Crippen molar-refractivity contribution >= 4 is 17.3 Å². The van der Waals surface area contributed by atoms with Crippen LogP contribution in [0.2, 0.25) is 0 Å². The second kappa shape index (κ2) is 7.52. The van der Waals surface area contributed by atoms with Crippen LogP contribution in [-0.4, -0.2) is 30.7 Å². The first-order valence-electron chi connectivity index (χ1n) is 9.87. The average molecular weight is 407 g/mol. The van der Waals surface area contributed by atoms with Gasteiger partial charge in [0.15, 0.2) is 5.11 Å². The highest BCUT2D eigenvalue weighted by molar-refractivity contribution is 7.80. The number of nitrogens with zero attached hydrogens (tertiary/aromatic N) is 3. The van der Waals surface area contributed by atoms with Crippen LogP contribution >= 0.6 is 12.2 Å². The third-order valence-corrected chi connectivity index (χ3v) is 5.93. The first-order valence-corrected chi connectivity index (χ1v) is 10.3. The molecule has 1 saturated heterocycles. The van der Waals surface area contributed by atoms with Gasteiger partial charge in [0.05, 0.1) is 23.5 Å². The number of pyridine rings is 1. The van der Waals surface area contributed by atoms with Gasteiger partial charge < -0.3 is 19.9 Å². The van der Waals surface area contributed by atoms with Crippen LogP contribution in [0.25, 0.3) is 5.69 Å². The molecule has 3 heterocycles. The zero-order chi connectivity index (χ0) is 20.7. The largest absolute Gasteiger partial charge is 0.506 e. The maximum Gasteiger partial charge on any atom is 0.170 e. The third kappa shape index (κ3) is 3.27. The quantitative estimate of drug-likeness (QED) is 0.622. The number of para-hydroxylation sites is 2. The maximum atomic E-state index is 10.4. The van der Waals surface area contributed by atoms with Crippen molar-refractivity contribution in [3.05, 3.63) is 77.4 Å². The van der Waals surface area contributed by atoms with E-state index in [4.69, 9.17) is 12.2 Å². The van der Waals surface area contributed by atoms with Crippen LogP contribution in [0.15, 0.2) is 54.7 Å². The molecule has 29 heavy (non-hydrogen) atoms. The molecule has 0 unspecified atom stereocenters. The monoisotopic (exact) mass is 406 g/mol. The Kier molecular flexibility index (Phi) is 5.04. The molecule has 0 amide bonds. The molecule has 2 N–H and O–H groups in total. The Morgan fingerprint density at radius 3 is 2.48 bits per heavy atom. The molecule has 6 heteroatoms. The summed E-state index contributed by atoms with van der Waals surface area (Å²) in [5.74, 6) is 0.267. The summed E-state index contributed by atoms with van der Waals surface area (Å²) in [6, 6.07) is 15.8. The van der Waals surface area contributed by atoms with E-state index >= 15 is 0 Å². The van der Waals surface area contributed by atoms with E-state index in [1.807, 2.05) is 42.6 Å². The SMILES string of the molecule is Cc1cc([C@@H]2[C@H](c3ccccn3)NC(=S)N2C(C)C)c(C)n1-c1ccccc1O. The number of aromatic hydroxyl groups is 1. The van der Waals surface area contributed by atoms with E-state index in [0.717, 1.165) is 27.9 Å². The van der Waals surface area contributed by atoms with Gasteiger partial charge in [-0.2, -0.15) is 0 Å². The number of thiocarbonyl (C=S) groups is 1. The molecule has 0 spiro atoms.